The predicted octanol–water partition coefficient (Wildman–Crippen LogP) is 3.66. The molecular formula is C21H23N5O5. The Morgan fingerprint density at radius 3 is 2.68 bits per heavy atom. The molecule has 1 saturated heterocycles. The van der Waals surface area contributed by atoms with E-state index in [1.54, 1.807) is 0 Å². The van der Waals surface area contributed by atoms with Crippen LogP contribution < -0.4 is 10.2 Å². The van der Waals surface area contributed by atoms with Gasteiger partial charge in [0.05, 0.1) is 41.7 Å². The van der Waals surface area contributed by atoms with E-state index in [4.69, 9.17) is 14.1 Å². The fraction of sp³-hybridized carbons (Fsp3) is 0.429. The lowest BCUT2D eigenvalue weighted by molar-refractivity contribution is -0.402. The summed E-state index contributed by atoms with van der Waals surface area (Å²) < 4.78 is 12.9. The number of nitrogens with zero attached hydrogens (tertiary/aromatic N) is 4. The highest BCUT2D eigenvalue weighted by molar-refractivity contribution is 6.06. The lowest BCUT2D eigenvalue weighted by Gasteiger charge is -2.32. The fourth-order valence-corrected chi connectivity index (χ4v) is 4.25. The number of nitro groups is 1. The van der Waals surface area contributed by atoms with Gasteiger partial charge in [-0.2, -0.15) is 0 Å². The van der Waals surface area contributed by atoms with Gasteiger partial charge in [-0.3, -0.25) is 14.9 Å². The van der Waals surface area contributed by atoms with Crippen molar-refractivity contribution >= 4 is 34.2 Å². The Labute approximate surface area is 177 Å². The van der Waals surface area contributed by atoms with Crippen LogP contribution in [0.2, 0.25) is 0 Å². The molecule has 10 nitrogen and oxygen atoms in total. The molecule has 2 aliphatic rings. The summed E-state index contributed by atoms with van der Waals surface area (Å²) in [6, 6.07) is 6.89. The molecule has 0 atom stereocenters. The predicted molar refractivity (Wildman–Crippen MR) is 114 cm³/mol. The number of fused-ring (bicyclic) bond motifs is 1. The van der Waals surface area contributed by atoms with E-state index in [0.717, 1.165) is 35.4 Å². The third-order valence-corrected chi connectivity index (χ3v) is 6.02. The Balaban J connectivity index is 1.54. The summed E-state index contributed by atoms with van der Waals surface area (Å²) in [5, 5.41) is 13.7. The van der Waals surface area contributed by atoms with Crippen molar-refractivity contribution in [2.45, 2.75) is 32.2 Å². The van der Waals surface area contributed by atoms with E-state index in [1.807, 2.05) is 13.0 Å². The molecule has 1 saturated carbocycles. The number of aromatic nitrogens is 2. The second-order valence-electron chi connectivity index (χ2n) is 7.92. The first-order valence-corrected chi connectivity index (χ1v) is 10.4. The van der Waals surface area contributed by atoms with E-state index in [1.165, 1.54) is 18.6 Å². The van der Waals surface area contributed by atoms with E-state index in [0.29, 0.717) is 38.0 Å². The molecule has 1 aromatic carbocycles. The first-order valence-electron chi connectivity index (χ1n) is 10.4. The van der Waals surface area contributed by atoms with Crippen molar-refractivity contribution < 1.29 is 18.9 Å². The van der Waals surface area contributed by atoms with E-state index in [2.05, 4.69) is 20.9 Å². The van der Waals surface area contributed by atoms with Crippen LogP contribution in [0.25, 0.3) is 11.0 Å². The number of ether oxygens (including phenoxy) is 1. The second kappa shape index (κ2) is 7.69. The van der Waals surface area contributed by atoms with Crippen molar-refractivity contribution in [2.24, 2.45) is 0 Å². The zero-order valence-corrected chi connectivity index (χ0v) is 17.2. The number of hydrogen-bond donors (Lipinski definition) is 1. The van der Waals surface area contributed by atoms with Gasteiger partial charge in [0.15, 0.2) is 5.76 Å². The SMILES string of the molecule is Cc1nc2cc(NC(=O)c3ccc([N+](=O)[O-])o3)c(N3CCOCC3)cc2n1C1CCC1. The van der Waals surface area contributed by atoms with Crippen molar-refractivity contribution in [1.82, 2.24) is 9.55 Å². The molecule has 5 rings (SSSR count). The maximum Gasteiger partial charge on any atom is 0.433 e. The summed E-state index contributed by atoms with van der Waals surface area (Å²) >= 11 is 0. The van der Waals surface area contributed by atoms with Crippen molar-refractivity contribution in [3.05, 3.63) is 46.0 Å². The number of amides is 1. The molecule has 3 aromatic rings. The zero-order valence-electron chi connectivity index (χ0n) is 17.2. The Kier molecular flexibility index (Phi) is 4.85. The molecular weight excluding hydrogens is 402 g/mol. The lowest BCUT2D eigenvalue weighted by atomic mass is 9.92. The molecule has 2 aromatic heterocycles. The van der Waals surface area contributed by atoms with Gasteiger partial charge in [-0.25, -0.2) is 4.98 Å². The molecule has 1 aliphatic heterocycles. The molecule has 162 valence electrons. The number of benzene rings is 1. The number of furan rings is 1. The van der Waals surface area contributed by atoms with E-state index >= 15 is 0 Å². The number of carbonyl (C=O) groups excluding carboxylic acids is 1. The molecule has 0 spiro atoms. The number of anilines is 2. The molecule has 31 heavy (non-hydrogen) atoms. The third-order valence-electron chi connectivity index (χ3n) is 6.02. The average Bonchev–Trinajstić information content (AvgIpc) is 3.33. The van der Waals surface area contributed by atoms with Gasteiger partial charge >= 0.3 is 5.88 Å². The monoisotopic (exact) mass is 425 g/mol. The van der Waals surface area contributed by atoms with Crippen molar-refractivity contribution in [1.29, 1.82) is 0 Å². The van der Waals surface area contributed by atoms with Crippen LogP contribution >= 0.6 is 0 Å². The molecule has 0 unspecified atom stereocenters. The number of rotatable bonds is 5. The summed E-state index contributed by atoms with van der Waals surface area (Å²) in [5.74, 6) is -0.172. The number of morpholine rings is 1. The van der Waals surface area contributed by atoms with Crippen LogP contribution in [0.1, 0.15) is 41.7 Å². The van der Waals surface area contributed by atoms with Gasteiger partial charge in [-0.05, 0) is 44.4 Å². The van der Waals surface area contributed by atoms with Gasteiger partial charge in [-0.1, -0.05) is 0 Å². The molecule has 0 radical (unpaired) electrons. The van der Waals surface area contributed by atoms with Crippen molar-refractivity contribution in [3.8, 4) is 0 Å². The topological polar surface area (TPSA) is 116 Å². The highest BCUT2D eigenvalue weighted by Gasteiger charge is 2.26. The van der Waals surface area contributed by atoms with Crippen LogP contribution in [0.15, 0.2) is 28.7 Å². The van der Waals surface area contributed by atoms with E-state index in [9.17, 15) is 14.9 Å². The second-order valence-corrected chi connectivity index (χ2v) is 7.92. The van der Waals surface area contributed by atoms with Gasteiger partial charge in [0, 0.05) is 19.1 Å². The summed E-state index contributed by atoms with van der Waals surface area (Å²) in [5.41, 5.74) is 3.33. The quantitative estimate of drug-likeness (QED) is 0.490. The van der Waals surface area contributed by atoms with Crippen LogP contribution in [-0.2, 0) is 4.74 Å². The van der Waals surface area contributed by atoms with Crippen molar-refractivity contribution in [3.63, 3.8) is 0 Å². The molecule has 10 heteroatoms. The molecule has 1 aliphatic carbocycles. The van der Waals surface area contributed by atoms with Crippen molar-refractivity contribution in [2.75, 3.05) is 36.5 Å². The molecule has 0 bridgehead atoms. The summed E-state index contributed by atoms with van der Waals surface area (Å²) in [6.45, 7) is 4.63. The largest absolute Gasteiger partial charge is 0.433 e. The minimum Gasteiger partial charge on any atom is -0.395 e. The fourth-order valence-electron chi connectivity index (χ4n) is 4.25. The van der Waals surface area contributed by atoms with Crippen LogP contribution in [0, 0.1) is 17.0 Å². The summed E-state index contributed by atoms with van der Waals surface area (Å²) in [4.78, 5) is 29.9. The molecule has 1 N–H and O–H groups in total. The Bertz CT molecular complexity index is 1160. The molecule has 2 fully saturated rings. The first kappa shape index (κ1) is 19.6. The molecule has 3 heterocycles. The van der Waals surface area contributed by atoms with Gasteiger partial charge in [0.1, 0.15) is 10.7 Å². The van der Waals surface area contributed by atoms with E-state index in [-0.39, 0.29) is 5.76 Å². The Morgan fingerprint density at radius 1 is 1.26 bits per heavy atom. The van der Waals surface area contributed by atoms with Gasteiger partial charge in [-0.15, -0.1) is 0 Å². The lowest BCUT2D eigenvalue weighted by Crippen LogP contribution is -2.36. The van der Waals surface area contributed by atoms with Crippen LogP contribution in [0.5, 0.6) is 0 Å². The maximum absolute atomic E-state index is 12.8. The van der Waals surface area contributed by atoms with Crippen LogP contribution in [-0.4, -0.2) is 46.7 Å². The van der Waals surface area contributed by atoms with Gasteiger partial charge in [0.2, 0.25) is 0 Å². The summed E-state index contributed by atoms with van der Waals surface area (Å²) in [7, 11) is 0. The Hall–Kier alpha value is -3.40. The number of nitrogens with one attached hydrogen (secondary N) is 1. The maximum atomic E-state index is 12.8. The summed E-state index contributed by atoms with van der Waals surface area (Å²) in [6.07, 6.45) is 3.52. The first-order chi connectivity index (χ1) is 15.0. The number of hydrogen-bond acceptors (Lipinski definition) is 7. The van der Waals surface area contributed by atoms with Crippen LogP contribution in [0.4, 0.5) is 17.3 Å². The zero-order chi connectivity index (χ0) is 21.5. The molecule has 1 amide bonds. The average molecular weight is 425 g/mol. The third kappa shape index (κ3) is 3.52. The van der Waals surface area contributed by atoms with E-state index < -0.39 is 16.7 Å². The van der Waals surface area contributed by atoms with Gasteiger partial charge in [0.25, 0.3) is 5.91 Å². The van der Waals surface area contributed by atoms with Crippen LogP contribution in [0.3, 0.4) is 0 Å². The minimum atomic E-state index is -0.669. The Morgan fingerprint density at radius 2 is 2.03 bits per heavy atom. The highest BCUT2D eigenvalue weighted by Crippen LogP contribution is 2.39. The number of carbonyl (C=O) groups is 1. The highest BCUT2D eigenvalue weighted by atomic mass is 16.6. The standard InChI is InChI=1S/C21H23N5O5/c1-13-22-16-11-15(23-21(27)19-5-6-20(31-19)26(28)29)17(24-7-9-30-10-8-24)12-18(16)25(13)14-3-2-4-14/h5-6,11-12,14H,2-4,7-10H2,1H3,(H,23,27). The smallest absolute Gasteiger partial charge is 0.395 e. The number of imidazole rings is 1. The number of aryl methyl sites for hydroxylation is 1. The normalized spacial score (nSPS) is 17.0. The van der Waals surface area contributed by atoms with Gasteiger partial charge < -0.3 is 23.9 Å². The minimum absolute atomic E-state index is 0.115.